The number of benzene rings is 7. The van der Waals surface area contributed by atoms with Gasteiger partial charge in [-0.3, -0.25) is 0 Å². The highest BCUT2D eigenvalue weighted by molar-refractivity contribution is 6.06. The molecule has 2 nitrogen and oxygen atoms in total. The molecule has 2 heteroatoms. The number of nitrogens with zero attached hydrogens (tertiary/aromatic N) is 2. The lowest BCUT2D eigenvalue weighted by Crippen LogP contribution is -2.19. The van der Waals surface area contributed by atoms with E-state index in [1.165, 1.54) is 88.7 Å². The minimum Gasteiger partial charge on any atom is -0.312 e. The molecule has 0 radical (unpaired) electrons. The summed E-state index contributed by atoms with van der Waals surface area (Å²) in [6.07, 6.45) is 0. The van der Waals surface area contributed by atoms with Crippen LogP contribution in [0, 0.1) is 0 Å². The third kappa shape index (κ3) is 4.18. The fourth-order valence-electron chi connectivity index (χ4n) is 9.46. The molecule has 0 saturated carbocycles. The molecule has 2 aliphatic carbocycles. The van der Waals surface area contributed by atoms with Crippen LogP contribution in [-0.2, 0) is 10.8 Å². The van der Waals surface area contributed by atoms with Gasteiger partial charge in [0.2, 0.25) is 0 Å². The molecule has 0 unspecified atom stereocenters. The Morgan fingerprint density at radius 3 is 1.42 bits per heavy atom. The second kappa shape index (κ2) is 11.2. The quantitative estimate of drug-likeness (QED) is 0.173. The Kier molecular flexibility index (Phi) is 6.60. The van der Waals surface area contributed by atoms with Crippen LogP contribution in [0.15, 0.2) is 170 Å². The molecular weight excluding hydrogens is 629 g/mol. The fourth-order valence-corrected chi connectivity index (χ4v) is 9.46. The molecule has 250 valence electrons. The highest BCUT2D eigenvalue weighted by atomic mass is 15.0. The summed E-state index contributed by atoms with van der Waals surface area (Å²) < 4.78 is 4.96. The van der Waals surface area contributed by atoms with Crippen LogP contribution >= 0.6 is 0 Å². The normalized spacial score (nSPS) is 14.5. The molecule has 0 bridgehead atoms. The summed E-state index contributed by atoms with van der Waals surface area (Å²) >= 11 is 0. The maximum Gasteiger partial charge on any atom is 0.0538 e. The Labute approximate surface area is 305 Å². The lowest BCUT2D eigenvalue weighted by Gasteiger charge is -2.25. The van der Waals surface area contributed by atoms with Gasteiger partial charge in [0.25, 0.3) is 0 Å². The van der Waals surface area contributed by atoms with Crippen molar-refractivity contribution >= 4 is 32.6 Å². The molecule has 2 aliphatic rings. The zero-order chi connectivity index (χ0) is 35.2. The number of hydrogen-bond donors (Lipinski definition) is 0. The van der Waals surface area contributed by atoms with Crippen molar-refractivity contribution in [1.29, 1.82) is 0 Å². The minimum atomic E-state index is -0.0537. The highest BCUT2D eigenvalue weighted by Crippen LogP contribution is 2.55. The van der Waals surface area contributed by atoms with Crippen LogP contribution in [-0.4, -0.2) is 9.13 Å². The zero-order valence-electron chi connectivity index (χ0n) is 30.1. The average Bonchev–Trinajstić information content (AvgIpc) is 3.86. The third-order valence-corrected chi connectivity index (χ3v) is 11.7. The van der Waals surface area contributed by atoms with Gasteiger partial charge in [-0.15, -0.1) is 0 Å². The van der Waals surface area contributed by atoms with Crippen molar-refractivity contribution < 1.29 is 0 Å². The standard InChI is InChI=1S/C27H21N.C23H19N/c1-27(2)22-15-7-5-13-20(22)25-21-14-6-8-16-24(21)28(26(25)27)23-17-9-11-18-10-3-4-12-19(18)23;1-23(2)19-14-8-6-12-17(19)21-18-13-7-9-15-20(18)24(22(21)23)16-10-4-3-5-11-16/h3-17H,1-2H3;3-15H,1-2H3. The van der Waals surface area contributed by atoms with Crippen LogP contribution in [0.2, 0.25) is 0 Å². The first-order valence-electron chi connectivity index (χ1n) is 18.4. The van der Waals surface area contributed by atoms with Crippen LogP contribution in [0.1, 0.15) is 50.2 Å². The summed E-state index contributed by atoms with van der Waals surface area (Å²) in [5, 5.41) is 5.25. The first kappa shape index (κ1) is 30.7. The number of hydrogen-bond acceptors (Lipinski definition) is 0. The van der Waals surface area contributed by atoms with Gasteiger partial charge in [0.05, 0.1) is 16.7 Å². The molecule has 0 amide bonds. The molecule has 0 fully saturated rings. The summed E-state index contributed by atoms with van der Waals surface area (Å²) in [5.74, 6) is 0. The first-order valence-corrected chi connectivity index (χ1v) is 18.4. The second-order valence-corrected chi connectivity index (χ2v) is 15.3. The Morgan fingerprint density at radius 1 is 0.365 bits per heavy atom. The van der Waals surface area contributed by atoms with Crippen molar-refractivity contribution in [3.8, 4) is 33.6 Å². The second-order valence-electron chi connectivity index (χ2n) is 15.3. The molecule has 0 aliphatic heterocycles. The third-order valence-electron chi connectivity index (χ3n) is 11.7. The number of rotatable bonds is 2. The van der Waals surface area contributed by atoms with E-state index in [0.717, 1.165) is 0 Å². The predicted octanol–water partition coefficient (Wildman–Crippen LogP) is 13.0. The summed E-state index contributed by atoms with van der Waals surface area (Å²) in [7, 11) is 0. The van der Waals surface area contributed by atoms with Crippen LogP contribution in [0.5, 0.6) is 0 Å². The Hall–Kier alpha value is -6.12. The molecule has 7 aromatic carbocycles. The summed E-state index contributed by atoms with van der Waals surface area (Å²) in [6.45, 7) is 9.41. The van der Waals surface area contributed by atoms with Gasteiger partial charge in [0, 0.05) is 55.2 Å². The number of para-hydroxylation sites is 3. The van der Waals surface area contributed by atoms with Crippen molar-refractivity contribution in [2.75, 3.05) is 0 Å². The predicted molar refractivity (Wildman–Crippen MR) is 219 cm³/mol. The number of aromatic nitrogens is 2. The molecule has 11 rings (SSSR count). The van der Waals surface area contributed by atoms with Crippen LogP contribution in [0.3, 0.4) is 0 Å². The molecule has 9 aromatic rings. The Bertz CT molecular complexity index is 2820. The summed E-state index contributed by atoms with van der Waals surface area (Å²) in [6, 6.07) is 61.4. The fraction of sp³-hybridized carbons (Fsp3) is 0.120. The van der Waals surface area contributed by atoms with Gasteiger partial charge in [0.15, 0.2) is 0 Å². The minimum absolute atomic E-state index is 0.0131. The van der Waals surface area contributed by atoms with Gasteiger partial charge < -0.3 is 9.13 Å². The van der Waals surface area contributed by atoms with E-state index in [-0.39, 0.29) is 10.8 Å². The largest absolute Gasteiger partial charge is 0.312 e. The van der Waals surface area contributed by atoms with Crippen molar-refractivity contribution in [2.24, 2.45) is 0 Å². The van der Waals surface area contributed by atoms with Gasteiger partial charge in [0.1, 0.15) is 0 Å². The van der Waals surface area contributed by atoms with E-state index in [0.29, 0.717) is 0 Å². The van der Waals surface area contributed by atoms with Crippen LogP contribution in [0.4, 0.5) is 0 Å². The van der Waals surface area contributed by atoms with Crippen molar-refractivity contribution in [3.63, 3.8) is 0 Å². The maximum absolute atomic E-state index is 2.51. The zero-order valence-corrected chi connectivity index (χ0v) is 30.1. The molecule has 2 heterocycles. The summed E-state index contributed by atoms with van der Waals surface area (Å²) in [4.78, 5) is 0. The first-order chi connectivity index (χ1) is 25.4. The molecule has 2 aromatic heterocycles. The molecular formula is C50H40N2. The van der Waals surface area contributed by atoms with Gasteiger partial charge in [-0.05, 0) is 58.0 Å². The molecule has 0 spiro atoms. The van der Waals surface area contributed by atoms with Crippen molar-refractivity contribution in [2.45, 2.75) is 38.5 Å². The molecule has 0 saturated heterocycles. The van der Waals surface area contributed by atoms with E-state index < -0.39 is 0 Å². The molecule has 0 N–H and O–H groups in total. The number of fused-ring (bicyclic) bond motifs is 11. The molecule has 52 heavy (non-hydrogen) atoms. The van der Waals surface area contributed by atoms with Gasteiger partial charge in [-0.1, -0.05) is 167 Å². The van der Waals surface area contributed by atoms with E-state index >= 15 is 0 Å². The monoisotopic (exact) mass is 668 g/mol. The topological polar surface area (TPSA) is 9.86 Å². The van der Waals surface area contributed by atoms with Gasteiger partial charge in [-0.25, -0.2) is 0 Å². The molecule has 0 atom stereocenters. The SMILES string of the molecule is CC1(C)c2ccccc2-c2c1n(-c1cccc3ccccc13)c1ccccc21.CC1(C)c2ccccc2-c2c1n(-c1ccccc1)c1ccccc21. The Morgan fingerprint density at radius 2 is 0.808 bits per heavy atom. The van der Waals surface area contributed by atoms with E-state index in [2.05, 4.69) is 207 Å². The van der Waals surface area contributed by atoms with Crippen molar-refractivity contribution in [3.05, 3.63) is 192 Å². The van der Waals surface area contributed by atoms with E-state index in [9.17, 15) is 0 Å². The summed E-state index contributed by atoms with van der Waals surface area (Å²) in [5.41, 5.74) is 16.2. The maximum atomic E-state index is 2.51. The van der Waals surface area contributed by atoms with Crippen LogP contribution < -0.4 is 0 Å². The van der Waals surface area contributed by atoms with Gasteiger partial charge in [-0.2, -0.15) is 0 Å². The van der Waals surface area contributed by atoms with E-state index in [4.69, 9.17) is 0 Å². The lowest BCUT2D eigenvalue weighted by molar-refractivity contribution is 0.624. The van der Waals surface area contributed by atoms with Crippen molar-refractivity contribution in [1.82, 2.24) is 9.13 Å². The average molecular weight is 669 g/mol. The van der Waals surface area contributed by atoms with Gasteiger partial charge >= 0.3 is 0 Å². The van der Waals surface area contributed by atoms with E-state index in [1.807, 2.05) is 0 Å². The van der Waals surface area contributed by atoms with E-state index in [1.54, 1.807) is 0 Å². The Balaban J connectivity index is 0.000000132. The highest BCUT2D eigenvalue weighted by Gasteiger charge is 2.42. The smallest absolute Gasteiger partial charge is 0.0538 e. The van der Waals surface area contributed by atoms with Crippen LogP contribution in [0.25, 0.3) is 66.2 Å². The lowest BCUT2D eigenvalue weighted by atomic mass is 9.85.